The topological polar surface area (TPSA) is 94.2 Å². The molecule has 0 aliphatic heterocycles. The maximum Gasteiger partial charge on any atom is 0.264 e. The molecule has 9 heteroatoms. The third kappa shape index (κ3) is 5.79. The van der Waals surface area contributed by atoms with Gasteiger partial charge in [-0.25, -0.2) is 8.42 Å². The number of benzene rings is 3. The first kappa shape index (κ1) is 24.9. The molecule has 0 fully saturated rings. The molecule has 1 amide bonds. The van der Waals surface area contributed by atoms with Gasteiger partial charge in [0.1, 0.15) is 23.8 Å². The van der Waals surface area contributed by atoms with E-state index in [1.54, 1.807) is 36.4 Å². The van der Waals surface area contributed by atoms with Gasteiger partial charge in [0.25, 0.3) is 10.0 Å². The summed E-state index contributed by atoms with van der Waals surface area (Å²) in [7, 11) is -1.15. The van der Waals surface area contributed by atoms with Crippen molar-refractivity contribution in [1.82, 2.24) is 5.32 Å². The Bertz CT molecular complexity index is 1210. The number of hydrogen-bond acceptors (Lipinski definition) is 6. The molecule has 0 aromatic heterocycles. The second-order valence-electron chi connectivity index (χ2n) is 7.18. The molecule has 0 bridgehead atoms. The van der Waals surface area contributed by atoms with Gasteiger partial charge in [-0.15, -0.1) is 0 Å². The lowest BCUT2D eigenvalue weighted by Crippen LogP contribution is -2.40. The van der Waals surface area contributed by atoms with Gasteiger partial charge in [0.15, 0.2) is 0 Å². The van der Waals surface area contributed by atoms with Gasteiger partial charge in [0.05, 0.1) is 31.4 Å². The van der Waals surface area contributed by atoms with Gasteiger partial charge in [-0.3, -0.25) is 9.10 Å². The van der Waals surface area contributed by atoms with Gasteiger partial charge in [0, 0.05) is 12.1 Å². The van der Waals surface area contributed by atoms with Gasteiger partial charge < -0.3 is 19.5 Å². The minimum atomic E-state index is -4.09. The number of carbonyl (C=O) groups excluding carboxylic acids is 1. The van der Waals surface area contributed by atoms with Crippen LogP contribution >= 0.6 is 0 Å². The Kier molecular flexibility index (Phi) is 8.37. The van der Waals surface area contributed by atoms with Crippen molar-refractivity contribution in [1.29, 1.82) is 0 Å². The Hall–Kier alpha value is -3.72. The molecule has 0 atom stereocenters. The molecule has 0 aliphatic rings. The summed E-state index contributed by atoms with van der Waals surface area (Å²) < 4.78 is 44.3. The van der Waals surface area contributed by atoms with Crippen LogP contribution in [0.5, 0.6) is 17.2 Å². The van der Waals surface area contributed by atoms with Crippen LogP contribution in [0.25, 0.3) is 0 Å². The molecule has 180 valence electrons. The smallest absolute Gasteiger partial charge is 0.264 e. The number of carbonyl (C=O) groups is 1. The molecule has 0 aliphatic carbocycles. The molecule has 0 heterocycles. The second-order valence-corrected chi connectivity index (χ2v) is 9.04. The normalized spacial score (nSPS) is 10.9. The average molecular weight is 485 g/mol. The zero-order valence-corrected chi connectivity index (χ0v) is 20.2. The number of nitrogens with one attached hydrogen (secondary N) is 1. The number of hydrogen-bond donors (Lipinski definition) is 1. The molecule has 0 saturated heterocycles. The Balaban J connectivity index is 1.89. The first-order chi connectivity index (χ1) is 16.4. The van der Waals surface area contributed by atoms with Crippen LogP contribution in [0.2, 0.25) is 0 Å². The molecule has 3 aromatic rings. The van der Waals surface area contributed by atoms with Crippen LogP contribution in [-0.4, -0.2) is 41.7 Å². The van der Waals surface area contributed by atoms with Gasteiger partial charge in [-0.2, -0.15) is 0 Å². The maximum absolute atomic E-state index is 13.6. The van der Waals surface area contributed by atoms with E-state index in [1.807, 2.05) is 31.2 Å². The molecule has 1 N–H and O–H groups in total. The van der Waals surface area contributed by atoms with Crippen LogP contribution in [0.15, 0.2) is 77.7 Å². The summed E-state index contributed by atoms with van der Waals surface area (Å²) in [6, 6.07) is 20.0. The highest BCUT2D eigenvalue weighted by Crippen LogP contribution is 2.32. The van der Waals surface area contributed by atoms with E-state index in [2.05, 4.69) is 5.32 Å². The second kappa shape index (κ2) is 11.4. The van der Waals surface area contributed by atoms with E-state index in [9.17, 15) is 13.2 Å². The fourth-order valence-electron chi connectivity index (χ4n) is 3.34. The third-order valence-corrected chi connectivity index (χ3v) is 6.81. The van der Waals surface area contributed by atoms with Crippen molar-refractivity contribution < 1.29 is 27.4 Å². The Morgan fingerprint density at radius 2 is 1.53 bits per heavy atom. The van der Waals surface area contributed by atoms with Crippen LogP contribution in [-0.2, 0) is 21.4 Å². The van der Waals surface area contributed by atoms with Crippen molar-refractivity contribution in [3.8, 4) is 17.2 Å². The van der Waals surface area contributed by atoms with Crippen molar-refractivity contribution in [2.45, 2.75) is 18.4 Å². The monoisotopic (exact) mass is 484 g/mol. The fourth-order valence-corrected chi connectivity index (χ4v) is 4.77. The van der Waals surface area contributed by atoms with Crippen molar-refractivity contribution in [2.24, 2.45) is 0 Å². The molecule has 8 nitrogen and oxygen atoms in total. The van der Waals surface area contributed by atoms with Crippen LogP contribution in [0.1, 0.15) is 12.5 Å². The lowest BCUT2D eigenvalue weighted by atomic mass is 10.2. The molecule has 0 saturated carbocycles. The van der Waals surface area contributed by atoms with E-state index >= 15 is 0 Å². The summed E-state index contributed by atoms with van der Waals surface area (Å²) in [5.41, 5.74) is 1.05. The molecule has 0 radical (unpaired) electrons. The zero-order valence-electron chi connectivity index (χ0n) is 19.4. The van der Waals surface area contributed by atoms with Crippen molar-refractivity contribution in [2.75, 3.05) is 31.7 Å². The Morgan fingerprint density at radius 3 is 2.18 bits per heavy atom. The molecule has 3 aromatic carbocycles. The molecule has 0 unspecified atom stereocenters. The number of rotatable bonds is 11. The lowest BCUT2D eigenvalue weighted by molar-refractivity contribution is -0.119. The van der Waals surface area contributed by atoms with Gasteiger partial charge in [-0.05, 0) is 49.4 Å². The summed E-state index contributed by atoms with van der Waals surface area (Å²) in [6.45, 7) is 2.13. The first-order valence-corrected chi connectivity index (χ1v) is 12.1. The number of ether oxygens (including phenoxy) is 3. The number of para-hydroxylation sites is 3. The summed E-state index contributed by atoms with van der Waals surface area (Å²) in [4.78, 5) is 13.0. The van der Waals surface area contributed by atoms with E-state index in [0.29, 0.717) is 23.9 Å². The predicted octanol–water partition coefficient (Wildman–Crippen LogP) is 3.61. The standard InChI is InChI=1S/C25H28N2O6S/c1-4-33-23-11-7-5-9-19(23)17-26-25(28)18-27(22-10-6-8-12-24(22)32-3)34(29,30)21-15-13-20(31-2)14-16-21/h5-16H,4,17-18H2,1-3H3,(H,26,28). The van der Waals surface area contributed by atoms with Gasteiger partial charge >= 0.3 is 0 Å². The van der Waals surface area contributed by atoms with Gasteiger partial charge in [0.2, 0.25) is 5.91 Å². The largest absolute Gasteiger partial charge is 0.497 e. The molecule has 0 spiro atoms. The highest BCUT2D eigenvalue weighted by Gasteiger charge is 2.29. The van der Waals surface area contributed by atoms with E-state index in [4.69, 9.17) is 14.2 Å². The van der Waals surface area contributed by atoms with Crippen LogP contribution < -0.4 is 23.8 Å². The van der Waals surface area contributed by atoms with Crippen LogP contribution in [0.4, 0.5) is 5.69 Å². The first-order valence-electron chi connectivity index (χ1n) is 10.7. The number of sulfonamides is 1. The minimum Gasteiger partial charge on any atom is -0.497 e. The average Bonchev–Trinajstić information content (AvgIpc) is 2.87. The lowest BCUT2D eigenvalue weighted by Gasteiger charge is -2.25. The molecule has 3 rings (SSSR count). The van der Waals surface area contributed by atoms with Gasteiger partial charge in [-0.1, -0.05) is 30.3 Å². The number of methoxy groups -OCH3 is 2. The third-order valence-electron chi connectivity index (χ3n) is 5.04. The van der Waals surface area contributed by atoms with Crippen LogP contribution in [0.3, 0.4) is 0 Å². The van der Waals surface area contributed by atoms with Crippen molar-refractivity contribution >= 4 is 21.6 Å². The SMILES string of the molecule is CCOc1ccccc1CNC(=O)CN(c1ccccc1OC)S(=O)(=O)c1ccc(OC)cc1. The maximum atomic E-state index is 13.6. The number of anilines is 1. The summed E-state index contributed by atoms with van der Waals surface area (Å²) >= 11 is 0. The zero-order chi connectivity index (χ0) is 24.6. The van der Waals surface area contributed by atoms with E-state index in [1.165, 1.54) is 26.4 Å². The molecular weight excluding hydrogens is 456 g/mol. The number of amides is 1. The summed E-state index contributed by atoms with van der Waals surface area (Å²) in [5, 5.41) is 2.79. The van der Waals surface area contributed by atoms with E-state index in [-0.39, 0.29) is 17.1 Å². The predicted molar refractivity (Wildman–Crippen MR) is 130 cm³/mol. The molecular formula is C25H28N2O6S. The van der Waals surface area contributed by atoms with Crippen molar-refractivity contribution in [3.63, 3.8) is 0 Å². The summed E-state index contributed by atoms with van der Waals surface area (Å²) in [5.74, 6) is 1.04. The van der Waals surface area contributed by atoms with E-state index < -0.39 is 22.5 Å². The fraction of sp³-hybridized carbons (Fsp3) is 0.240. The quantitative estimate of drug-likeness (QED) is 0.447. The van der Waals surface area contributed by atoms with Crippen LogP contribution in [0, 0.1) is 0 Å². The summed E-state index contributed by atoms with van der Waals surface area (Å²) in [6.07, 6.45) is 0. The Labute approximate surface area is 200 Å². The van der Waals surface area contributed by atoms with E-state index in [0.717, 1.165) is 9.87 Å². The highest BCUT2D eigenvalue weighted by atomic mass is 32.2. The highest BCUT2D eigenvalue weighted by molar-refractivity contribution is 7.92. The Morgan fingerprint density at radius 1 is 0.882 bits per heavy atom. The molecule has 34 heavy (non-hydrogen) atoms. The number of nitrogens with zero attached hydrogens (tertiary/aromatic N) is 1. The minimum absolute atomic E-state index is 0.0219. The van der Waals surface area contributed by atoms with Crippen molar-refractivity contribution in [3.05, 3.63) is 78.4 Å².